The van der Waals surface area contributed by atoms with Gasteiger partial charge in [0.1, 0.15) is 5.76 Å². The van der Waals surface area contributed by atoms with Crippen molar-refractivity contribution in [2.24, 2.45) is 5.41 Å². The van der Waals surface area contributed by atoms with E-state index < -0.39 is 0 Å². The van der Waals surface area contributed by atoms with E-state index >= 15 is 0 Å². The summed E-state index contributed by atoms with van der Waals surface area (Å²) >= 11 is 3.67. The van der Waals surface area contributed by atoms with Crippen LogP contribution in [0.3, 0.4) is 0 Å². The van der Waals surface area contributed by atoms with E-state index in [-0.39, 0.29) is 0 Å². The maximum absolute atomic E-state index is 5.46. The van der Waals surface area contributed by atoms with Crippen LogP contribution in [0.15, 0.2) is 22.8 Å². The fraction of sp³-hybridized carbons (Fsp3) is 0.692. The van der Waals surface area contributed by atoms with Crippen LogP contribution in [0.25, 0.3) is 0 Å². The third-order valence-corrected chi connectivity index (χ3v) is 4.64. The molecule has 4 heteroatoms. The van der Waals surface area contributed by atoms with E-state index in [0.29, 0.717) is 5.41 Å². The smallest absolute Gasteiger partial charge is 0.117 e. The van der Waals surface area contributed by atoms with E-state index in [1.54, 1.807) is 6.26 Å². The number of rotatable bonds is 5. The molecular weight excluding hydrogens is 282 g/mol. The zero-order valence-corrected chi connectivity index (χ0v) is 11.9. The van der Waals surface area contributed by atoms with Gasteiger partial charge in [0.25, 0.3) is 0 Å². The topological polar surface area (TPSA) is 25.6 Å². The summed E-state index contributed by atoms with van der Waals surface area (Å²) < 4.78 is 10.8. The molecule has 1 aromatic heterocycles. The lowest BCUT2D eigenvalue weighted by Gasteiger charge is -2.38. The molecule has 1 aliphatic heterocycles. The van der Waals surface area contributed by atoms with Crippen LogP contribution in [-0.4, -0.2) is 37.0 Å². The molecule has 1 saturated heterocycles. The molecule has 2 heterocycles. The van der Waals surface area contributed by atoms with Crippen LogP contribution >= 0.6 is 15.9 Å². The van der Waals surface area contributed by atoms with Gasteiger partial charge in [-0.1, -0.05) is 15.9 Å². The Kier molecular flexibility index (Phi) is 4.65. The number of ether oxygens (including phenoxy) is 1. The summed E-state index contributed by atoms with van der Waals surface area (Å²) in [7, 11) is 2.16. The minimum Gasteiger partial charge on any atom is -0.468 e. The van der Waals surface area contributed by atoms with Crippen LogP contribution in [0.2, 0.25) is 0 Å². The molecule has 1 aliphatic rings. The molecule has 0 aliphatic carbocycles. The van der Waals surface area contributed by atoms with Crippen LogP contribution in [0, 0.1) is 5.41 Å². The minimum atomic E-state index is 0.361. The van der Waals surface area contributed by atoms with Crippen LogP contribution < -0.4 is 0 Å². The van der Waals surface area contributed by atoms with Gasteiger partial charge in [-0.3, -0.25) is 4.90 Å². The summed E-state index contributed by atoms with van der Waals surface area (Å²) in [5.41, 5.74) is 0.361. The molecule has 0 atom stereocenters. The van der Waals surface area contributed by atoms with Crippen molar-refractivity contribution in [3.05, 3.63) is 24.2 Å². The summed E-state index contributed by atoms with van der Waals surface area (Å²) in [6.07, 6.45) is 4.01. The fourth-order valence-electron chi connectivity index (χ4n) is 2.44. The molecule has 1 aromatic rings. The Hall–Kier alpha value is -0.320. The van der Waals surface area contributed by atoms with Crippen molar-refractivity contribution in [1.82, 2.24) is 4.90 Å². The Morgan fingerprint density at radius 1 is 1.41 bits per heavy atom. The molecular formula is C13H20BrNO2. The number of hydrogen-bond donors (Lipinski definition) is 0. The van der Waals surface area contributed by atoms with Gasteiger partial charge in [-0.05, 0) is 37.4 Å². The first kappa shape index (κ1) is 13.1. The molecule has 1 fully saturated rings. The quantitative estimate of drug-likeness (QED) is 0.782. The molecule has 3 nitrogen and oxygen atoms in total. The highest BCUT2D eigenvalue weighted by atomic mass is 79.9. The summed E-state index contributed by atoms with van der Waals surface area (Å²) in [4.78, 5) is 2.34. The molecule has 2 rings (SSSR count). The predicted molar refractivity (Wildman–Crippen MR) is 71.3 cm³/mol. The monoisotopic (exact) mass is 301 g/mol. The molecule has 0 unspecified atom stereocenters. The van der Waals surface area contributed by atoms with Crippen molar-refractivity contribution in [1.29, 1.82) is 0 Å². The zero-order chi connectivity index (χ0) is 12.1. The third kappa shape index (κ3) is 3.57. The normalized spacial score (nSPS) is 19.7. The standard InChI is InChI=1S/C13H20BrNO2/c1-15(9-12-3-2-6-17-12)11-13(10-14)4-7-16-8-5-13/h2-3,6H,4-5,7-11H2,1H3. The average molecular weight is 302 g/mol. The number of hydrogen-bond acceptors (Lipinski definition) is 3. The molecule has 0 saturated carbocycles. The summed E-state index contributed by atoms with van der Waals surface area (Å²) in [5.74, 6) is 1.03. The van der Waals surface area contributed by atoms with Crippen molar-refractivity contribution in [2.75, 3.05) is 32.1 Å². The van der Waals surface area contributed by atoms with E-state index in [2.05, 4.69) is 27.9 Å². The number of alkyl halides is 1. The molecule has 0 N–H and O–H groups in total. The van der Waals surface area contributed by atoms with Gasteiger partial charge in [0, 0.05) is 25.1 Å². The van der Waals surface area contributed by atoms with E-state index in [1.165, 1.54) is 0 Å². The SMILES string of the molecule is CN(Cc1ccco1)CC1(CBr)CCOCC1. The van der Waals surface area contributed by atoms with E-state index in [4.69, 9.17) is 9.15 Å². The Morgan fingerprint density at radius 2 is 2.18 bits per heavy atom. The molecule has 0 aromatic carbocycles. The highest BCUT2D eigenvalue weighted by Gasteiger charge is 2.32. The zero-order valence-electron chi connectivity index (χ0n) is 10.3. The van der Waals surface area contributed by atoms with Crippen molar-refractivity contribution < 1.29 is 9.15 Å². The van der Waals surface area contributed by atoms with Gasteiger partial charge in [-0.25, -0.2) is 0 Å². The molecule has 0 radical (unpaired) electrons. The van der Waals surface area contributed by atoms with Gasteiger partial charge in [0.2, 0.25) is 0 Å². The van der Waals surface area contributed by atoms with Crippen LogP contribution in [-0.2, 0) is 11.3 Å². The van der Waals surface area contributed by atoms with Crippen molar-refractivity contribution in [2.45, 2.75) is 19.4 Å². The number of nitrogens with zero attached hydrogens (tertiary/aromatic N) is 1. The first-order valence-electron chi connectivity index (χ1n) is 6.09. The van der Waals surface area contributed by atoms with Crippen molar-refractivity contribution >= 4 is 15.9 Å². The lowest BCUT2D eigenvalue weighted by molar-refractivity contribution is 0.0102. The highest BCUT2D eigenvalue weighted by molar-refractivity contribution is 9.09. The van der Waals surface area contributed by atoms with E-state index in [0.717, 1.165) is 50.2 Å². The van der Waals surface area contributed by atoms with E-state index in [1.807, 2.05) is 12.1 Å². The van der Waals surface area contributed by atoms with Crippen molar-refractivity contribution in [3.8, 4) is 0 Å². The van der Waals surface area contributed by atoms with Gasteiger partial charge >= 0.3 is 0 Å². The summed E-state index contributed by atoms with van der Waals surface area (Å²) in [5, 5.41) is 1.05. The second-order valence-electron chi connectivity index (χ2n) is 5.00. The van der Waals surface area contributed by atoms with Gasteiger partial charge < -0.3 is 9.15 Å². The lowest BCUT2D eigenvalue weighted by atomic mass is 9.82. The lowest BCUT2D eigenvalue weighted by Crippen LogP contribution is -2.41. The molecule has 0 bridgehead atoms. The Bertz CT molecular complexity index is 320. The molecule has 0 spiro atoms. The Labute approximate surface area is 111 Å². The summed E-state index contributed by atoms with van der Waals surface area (Å²) in [6.45, 7) is 3.74. The minimum absolute atomic E-state index is 0.361. The Morgan fingerprint density at radius 3 is 2.76 bits per heavy atom. The first-order chi connectivity index (χ1) is 8.24. The molecule has 0 amide bonds. The third-order valence-electron chi connectivity index (χ3n) is 3.45. The van der Waals surface area contributed by atoms with Crippen LogP contribution in [0.5, 0.6) is 0 Å². The van der Waals surface area contributed by atoms with Gasteiger partial charge in [-0.15, -0.1) is 0 Å². The maximum atomic E-state index is 5.46. The first-order valence-corrected chi connectivity index (χ1v) is 7.21. The average Bonchev–Trinajstić information content (AvgIpc) is 2.83. The summed E-state index contributed by atoms with van der Waals surface area (Å²) in [6, 6.07) is 3.97. The number of furan rings is 1. The second kappa shape index (κ2) is 6.03. The van der Waals surface area contributed by atoms with Crippen LogP contribution in [0.4, 0.5) is 0 Å². The fourth-order valence-corrected chi connectivity index (χ4v) is 3.17. The number of halogens is 1. The van der Waals surface area contributed by atoms with Gasteiger partial charge in [-0.2, -0.15) is 0 Å². The van der Waals surface area contributed by atoms with Gasteiger partial charge in [0.15, 0.2) is 0 Å². The highest BCUT2D eigenvalue weighted by Crippen LogP contribution is 2.33. The van der Waals surface area contributed by atoms with Gasteiger partial charge in [0.05, 0.1) is 12.8 Å². The van der Waals surface area contributed by atoms with E-state index in [9.17, 15) is 0 Å². The predicted octanol–water partition coefficient (Wildman–Crippen LogP) is 2.90. The largest absolute Gasteiger partial charge is 0.468 e. The second-order valence-corrected chi connectivity index (χ2v) is 5.56. The molecule has 17 heavy (non-hydrogen) atoms. The maximum Gasteiger partial charge on any atom is 0.117 e. The van der Waals surface area contributed by atoms with Crippen molar-refractivity contribution in [3.63, 3.8) is 0 Å². The van der Waals surface area contributed by atoms with Crippen LogP contribution in [0.1, 0.15) is 18.6 Å². The Balaban J connectivity index is 1.89. The molecule has 96 valence electrons.